The van der Waals surface area contributed by atoms with Crippen LogP contribution < -0.4 is 9.64 Å². The number of aromatic nitrogens is 1. The molecule has 8 heteroatoms. The van der Waals surface area contributed by atoms with Gasteiger partial charge in [0.15, 0.2) is 10.8 Å². The molecule has 0 N–H and O–H groups in total. The molecular weight excluding hydrogens is 406 g/mol. The van der Waals surface area contributed by atoms with Crippen LogP contribution in [0.25, 0.3) is 10.8 Å². The Morgan fingerprint density at radius 3 is 2.69 bits per heavy atom. The van der Waals surface area contributed by atoms with E-state index in [1.54, 1.807) is 36.5 Å². The number of amides is 1. The maximum absolute atomic E-state index is 12.5. The third-order valence-electron chi connectivity index (χ3n) is 4.83. The van der Waals surface area contributed by atoms with Gasteiger partial charge in [-0.15, -0.1) is 23.1 Å². The second kappa shape index (κ2) is 9.37. The summed E-state index contributed by atoms with van der Waals surface area (Å²) in [4.78, 5) is 21.4. The first-order valence-electron chi connectivity index (χ1n) is 9.46. The quantitative estimate of drug-likeness (QED) is 0.566. The van der Waals surface area contributed by atoms with Crippen LogP contribution in [0.15, 0.2) is 52.5 Å². The number of thiazole rings is 1. The third-order valence-corrected chi connectivity index (χ3v) is 6.69. The first kappa shape index (κ1) is 19.8. The highest BCUT2D eigenvalue weighted by Crippen LogP contribution is 2.26. The summed E-state index contributed by atoms with van der Waals surface area (Å²) in [5.41, 5.74) is 2.16. The fraction of sp³-hybridized carbons (Fsp3) is 0.333. The number of anilines is 1. The first-order valence-corrected chi connectivity index (χ1v) is 11.5. The molecule has 0 aliphatic carbocycles. The van der Waals surface area contributed by atoms with Gasteiger partial charge in [-0.2, -0.15) is 0 Å². The van der Waals surface area contributed by atoms with Gasteiger partial charge in [0.2, 0.25) is 5.91 Å². The molecule has 1 saturated heterocycles. The van der Waals surface area contributed by atoms with Gasteiger partial charge in [-0.05, 0) is 36.4 Å². The Labute approximate surface area is 178 Å². The van der Waals surface area contributed by atoms with Crippen molar-refractivity contribution in [2.45, 2.75) is 5.75 Å². The Kier molecular flexibility index (Phi) is 6.41. The van der Waals surface area contributed by atoms with Crippen molar-refractivity contribution in [3.63, 3.8) is 0 Å². The van der Waals surface area contributed by atoms with Gasteiger partial charge in [-0.25, -0.2) is 4.98 Å². The molecular formula is C21H23N3O3S2. The molecule has 29 heavy (non-hydrogen) atoms. The van der Waals surface area contributed by atoms with E-state index in [0.717, 1.165) is 54.1 Å². The van der Waals surface area contributed by atoms with E-state index < -0.39 is 0 Å². The third kappa shape index (κ3) is 4.94. The molecule has 0 bridgehead atoms. The molecule has 2 aromatic heterocycles. The summed E-state index contributed by atoms with van der Waals surface area (Å²) >= 11 is 3.18. The predicted molar refractivity (Wildman–Crippen MR) is 118 cm³/mol. The van der Waals surface area contributed by atoms with E-state index in [1.807, 2.05) is 34.5 Å². The van der Waals surface area contributed by atoms with E-state index in [2.05, 4.69) is 22.0 Å². The summed E-state index contributed by atoms with van der Waals surface area (Å²) in [6.45, 7) is 3.21. The van der Waals surface area contributed by atoms with Crippen molar-refractivity contribution in [3.05, 3.63) is 53.7 Å². The first-order chi connectivity index (χ1) is 14.2. The van der Waals surface area contributed by atoms with Crippen LogP contribution in [-0.4, -0.2) is 54.8 Å². The van der Waals surface area contributed by atoms with Gasteiger partial charge in [0.1, 0.15) is 5.75 Å². The number of rotatable bonds is 7. The number of hydrogen-bond donors (Lipinski definition) is 0. The number of piperazine rings is 1. The summed E-state index contributed by atoms with van der Waals surface area (Å²) in [6.07, 6.45) is 1.65. The molecule has 3 heterocycles. The van der Waals surface area contributed by atoms with Crippen LogP contribution >= 0.6 is 23.1 Å². The van der Waals surface area contributed by atoms with Gasteiger partial charge < -0.3 is 19.0 Å². The number of furan rings is 1. The van der Waals surface area contributed by atoms with E-state index >= 15 is 0 Å². The van der Waals surface area contributed by atoms with Crippen molar-refractivity contribution in [1.82, 2.24) is 9.88 Å². The van der Waals surface area contributed by atoms with Crippen LogP contribution in [0.2, 0.25) is 0 Å². The maximum Gasteiger partial charge on any atom is 0.232 e. The molecule has 0 atom stereocenters. The van der Waals surface area contributed by atoms with Crippen LogP contribution in [0.4, 0.5) is 5.69 Å². The van der Waals surface area contributed by atoms with Gasteiger partial charge in [0, 0.05) is 43.0 Å². The zero-order valence-corrected chi connectivity index (χ0v) is 17.9. The lowest BCUT2D eigenvalue weighted by Crippen LogP contribution is -2.49. The number of benzene rings is 1. The van der Waals surface area contributed by atoms with Crippen molar-refractivity contribution >= 4 is 34.7 Å². The van der Waals surface area contributed by atoms with Crippen molar-refractivity contribution in [2.24, 2.45) is 0 Å². The number of thioether (sulfide) groups is 1. The lowest BCUT2D eigenvalue weighted by Gasteiger charge is -2.36. The van der Waals surface area contributed by atoms with Gasteiger partial charge in [-0.3, -0.25) is 4.79 Å². The summed E-state index contributed by atoms with van der Waals surface area (Å²) in [7, 11) is 1.67. The van der Waals surface area contributed by atoms with E-state index in [9.17, 15) is 4.79 Å². The standard InChI is InChI=1S/C21H23N3O3S2/c1-26-18-6-4-17(5-7-18)23-8-10-24(11-9-23)20(25)15-28-13-16-14-29-21(22-16)19-3-2-12-27-19/h2-7,12,14H,8-11,13,15H2,1H3. The Hall–Kier alpha value is -2.45. The Morgan fingerprint density at radius 2 is 2.00 bits per heavy atom. The summed E-state index contributed by atoms with van der Waals surface area (Å²) in [5.74, 6) is 3.06. The molecule has 1 aromatic carbocycles. The molecule has 0 unspecified atom stereocenters. The van der Waals surface area contributed by atoms with E-state index in [4.69, 9.17) is 9.15 Å². The van der Waals surface area contributed by atoms with Gasteiger partial charge in [0.05, 0.1) is 24.8 Å². The van der Waals surface area contributed by atoms with Crippen LogP contribution in [0.1, 0.15) is 5.69 Å². The normalized spacial score (nSPS) is 14.2. The maximum atomic E-state index is 12.5. The largest absolute Gasteiger partial charge is 0.497 e. The second-order valence-corrected chi connectivity index (χ2v) is 8.52. The zero-order chi connectivity index (χ0) is 20.1. The Bertz CT molecular complexity index is 917. The number of nitrogens with zero attached hydrogens (tertiary/aromatic N) is 3. The number of methoxy groups -OCH3 is 1. The van der Waals surface area contributed by atoms with Crippen molar-refractivity contribution in [2.75, 3.05) is 43.9 Å². The SMILES string of the molecule is COc1ccc(N2CCN(C(=O)CSCc3csc(-c4ccco4)n3)CC2)cc1. The van der Waals surface area contributed by atoms with Crippen LogP contribution in [0.5, 0.6) is 5.75 Å². The average molecular weight is 430 g/mol. The van der Waals surface area contributed by atoms with Crippen LogP contribution in [0.3, 0.4) is 0 Å². The highest BCUT2D eigenvalue weighted by Gasteiger charge is 2.21. The monoisotopic (exact) mass is 429 g/mol. The highest BCUT2D eigenvalue weighted by molar-refractivity contribution is 7.99. The van der Waals surface area contributed by atoms with E-state index in [-0.39, 0.29) is 5.91 Å². The summed E-state index contributed by atoms with van der Waals surface area (Å²) in [5, 5.41) is 2.91. The smallest absolute Gasteiger partial charge is 0.232 e. The molecule has 1 amide bonds. The second-order valence-electron chi connectivity index (χ2n) is 6.68. The topological polar surface area (TPSA) is 58.8 Å². The number of ether oxygens (including phenoxy) is 1. The van der Waals surface area contributed by atoms with Crippen molar-refractivity contribution < 1.29 is 13.9 Å². The van der Waals surface area contributed by atoms with Gasteiger partial charge in [-0.1, -0.05) is 0 Å². The predicted octanol–water partition coefficient (Wildman–Crippen LogP) is 3.99. The van der Waals surface area contributed by atoms with Crippen LogP contribution in [-0.2, 0) is 10.5 Å². The summed E-state index contributed by atoms with van der Waals surface area (Å²) in [6, 6.07) is 11.8. The molecule has 0 spiro atoms. The number of hydrogen-bond acceptors (Lipinski definition) is 7. The molecule has 0 radical (unpaired) electrons. The van der Waals surface area contributed by atoms with Gasteiger partial charge in [0.25, 0.3) is 0 Å². The van der Waals surface area contributed by atoms with Crippen molar-refractivity contribution in [1.29, 1.82) is 0 Å². The molecule has 0 saturated carbocycles. The molecule has 1 aliphatic rings. The Morgan fingerprint density at radius 1 is 1.21 bits per heavy atom. The van der Waals surface area contributed by atoms with E-state index in [0.29, 0.717) is 5.75 Å². The minimum absolute atomic E-state index is 0.200. The van der Waals surface area contributed by atoms with E-state index in [1.165, 1.54) is 5.69 Å². The fourth-order valence-electron chi connectivity index (χ4n) is 3.23. The highest BCUT2D eigenvalue weighted by atomic mass is 32.2. The zero-order valence-electron chi connectivity index (χ0n) is 16.2. The van der Waals surface area contributed by atoms with Crippen LogP contribution in [0, 0.1) is 0 Å². The summed E-state index contributed by atoms with van der Waals surface area (Å²) < 4.78 is 10.6. The minimum atomic E-state index is 0.200. The lowest BCUT2D eigenvalue weighted by molar-refractivity contribution is -0.128. The van der Waals surface area contributed by atoms with Gasteiger partial charge >= 0.3 is 0 Å². The molecule has 3 aromatic rings. The molecule has 6 nitrogen and oxygen atoms in total. The molecule has 1 aliphatic heterocycles. The lowest BCUT2D eigenvalue weighted by atomic mass is 10.2. The number of carbonyl (C=O) groups excluding carboxylic acids is 1. The molecule has 4 rings (SSSR count). The molecule has 152 valence electrons. The fourth-order valence-corrected chi connectivity index (χ4v) is 4.94. The Balaban J connectivity index is 1.21. The molecule has 1 fully saturated rings. The average Bonchev–Trinajstić information content (AvgIpc) is 3.46. The number of carbonyl (C=O) groups is 1. The minimum Gasteiger partial charge on any atom is -0.497 e. The van der Waals surface area contributed by atoms with Crippen molar-refractivity contribution in [3.8, 4) is 16.5 Å².